The van der Waals surface area contributed by atoms with Crippen molar-refractivity contribution in [3.8, 4) is 0 Å². The minimum Gasteiger partial charge on any atom is -0.363 e. The van der Waals surface area contributed by atoms with Gasteiger partial charge in [0.2, 0.25) is 10.0 Å². The van der Waals surface area contributed by atoms with Crippen molar-refractivity contribution in [2.75, 3.05) is 6.54 Å². The van der Waals surface area contributed by atoms with Gasteiger partial charge >= 0.3 is 0 Å². The maximum absolute atomic E-state index is 12.8. The predicted octanol–water partition coefficient (Wildman–Crippen LogP) is 3.10. The SMILES string of the molecule is O=S(=O)(c1c[nH]c(CCl)c1)N1CCC[C@H]2CCCC[C@H]21. The van der Waals surface area contributed by atoms with Gasteiger partial charge in [0.25, 0.3) is 0 Å². The van der Waals surface area contributed by atoms with Gasteiger partial charge in [-0.2, -0.15) is 4.31 Å². The van der Waals surface area contributed by atoms with Crippen LogP contribution in [0.25, 0.3) is 0 Å². The molecule has 2 atom stereocenters. The summed E-state index contributed by atoms with van der Waals surface area (Å²) in [6, 6.07) is 1.87. The van der Waals surface area contributed by atoms with Gasteiger partial charge in [0.05, 0.1) is 10.8 Å². The highest BCUT2D eigenvalue weighted by Crippen LogP contribution is 2.38. The molecule has 2 aliphatic rings. The molecule has 1 aliphatic heterocycles. The molecule has 0 spiro atoms. The lowest BCUT2D eigenvalue weighted by Gasteiger charge is -2.42. The van der Waals surface area contributed by atoms with E-state index < -0.39 is 10.0 Å². The van der Waals surface area contributed by atoms with Gasteiger partial charge in [0, 0.05) is 24.5 Å². The highest BCUT2D eigenvalue weighted by Gasteiger charge is 2.40. The lowest BCUT2D eigenvalue weighted by molar-refractivity contribution is 0.129. The Bertz CT molecular complexity index is 567. The molecule has 4 nitrogen and oxygen atoms in total. The number of halogens is 1. The van der Waals surface area contributed by atoms with Gasteiger partial charge in [-0.25, -0.2) is 8.42 Å². The van der Waals surface area contributed by atoms with E-state index in [-0.39, 0.29) is 6.04 Å². The Morgan fingerprint density at radius 3 is 2.75 bits per heavy atom. The van der Waals surface area contributed by atoms with E-state index in [0.29, 0.717) is 23.2 Å². The first-order valence-electron chi connectivity index (χ1n) is 7.38. The summed E-state index contributed by atoms with van der Waals surface area (Å²) in [6.07, 6.45) is 8.31. The van der Waals surface area contributed by atoms with Crippen LogP contribution in [0.4, 0.5) is 0 Å². The largest absolute Gasteiger partial charge is 0.363 e. The Morgan fingerprint density at radius 1 is 1.25 bits per heavy atom. The first-order chi connectivity index (χ1) is 9.63. The summed E-state index contributed by atoms with van der Waals surface area (Å²) in [6.45, 7) is 0.658. The molecular formula is C14H21ClN2O2S. The van der Waals surface area contributed by atoms with Crippen LogP contribution in [-0.4, -0.2) is 30.3 Å². The van der Waals surface area contributed by atoms with Crippen LogP contribution in [0, 0.1) is 5.92 Å². The van der Waals surface area contributed by atoms with Crippen LogP contribution in [-0.2, 0) is 15.9 Å². The van der Waals surface area contributed by atoms with Crippen molar-refractivity contribution in [3.05, 3.63) is 18.0 Å². The van der Waals surface area contributed by atoms with Gasteiger partial charge in [0.1, 0.15) is 0 Å². The Kier molecular flexibility index (Phi) is 4.11. The summed E-state index contributed by atoms with van der Waals surface area (Å²) in [7, 11) is -3.38. The molecule has 1 saturated heterocycles. The fourth-order valence-electron chi connectivity index (χ4n) is 3.66. The van der Waals surface area contributed by atoms with E-state index in [1.54, 1.807) is 16.6 Å². The van der Waals surface area contributed by atoms with E-state index in [2.05, 4.69) is 4.98 Å². The second-order valence-electron chi connectivity index (χ2n) is 5.86. The molecule has 1 aromatic heterocycles. The molecule has 0 amide bonds. The molecule has 2 fully saturated rings. The van der Waals surface area contributed by atoms with Crippen LogP contribution in [0.15, 0.2) is 17.2 Å². The number of sulfonamides is 1. The second kappa shape index (κ2) is 5.70. The summed E-state index contributed by atoms with van der Waals surface area (Å²) >= 11 is 5.75. The minimum atomic E-state index is -3.38. The quantitative estimate of drug-likeness (QED) is 0.871. The van der Waals surface area contributed by atoms with Crippen molar-refractivity contribution in [1.29, 1.82) is 0 Å². The van der Waals surface area contributed by atoms with E-state index in [9.17, 15) is 8.42 Å². The number of piperidine rings is 1. The van der Waals surface area contributed by atoms with Crippen molar-refractivity contribution in [2.45, 2.75) is 55.3 Å². The van der Waals surface area contributed by atoms with Crippen LogP contribution in [0.3, 0.4) is 0 Å². The number of aromatic amines is 1. The number of aromatic nitrogens is 1. The number of H-pyrrole nitrogens is 1. The Labute approximate surface area is 125 Å². The summed E-state index contributed by atoms with van der Waals surface area (Å²) in [5, 5.41) is 0. The molecule has 0 aromatic carbocycles. The third-order valence-electron chi connectivity index (χ3n) is 4.66. The Morgan fingerprint density at radius 2 is 2.00 bits per heavy atom. The van der Waals surface area contributed by atoms with Crippen LogP contribution in [0.5, 0.6) is 0 Å². The highest BCUT2D eigenvalue weighted by atomic mass is 35.5. The van der Waals surface area contributed by atoms with Crippen LogP contribution >= 0.6 is 11.6 Å². The lowest BCUT2D eigenvalue weighted by atomic mass is 9.79. The van der Waals surface area contributed by atoms with E-state index in [1.165, 1.54) is 19.3 Å². The van der Waals surface area contributed by atoms with Gasteiger partial charge in [0.15, 0.2) is 0 Å². The van der Waals surface area contributed by atoms with Crippen molar-refractivity contribution in [2.24, 2.45) is 5.92 Å². The van der Waals surface area contributed by atoms with Crippen molar-refractivity contribution in [1.82, 2.24) is 9.29 Å². The first kappa shape index (κ1) is 14.4. The molecule has 0 radical (unpaired) electrons. The fraction of sp³-hybridized carbons (Fsp3) is 0.714. The molecule has 1 aromatic rings. The monoisotopic (exact) mass is 316 g/mol. The predicted molar refractivity (Wildman–Crippen MR) is 79.2 cm³/mol. The second-order valence-corrected chi connectivity index (χ2v) is 8.02. The number of nitrogens with one attached hydrogen (secondary N) is 1. The zero-order chi connectivity index (χ0) is 14.2. The molecule has 20 heavy (non-hydrogen) atoms. The number of hydrogen-bond donors (Lipinski definition) is 1. The molecule has 2 heterocycles. The molecular weight excluding hydrogens is 296 g/mol. The normalized spacial score (nSPS) is 28.2. The zero-order valence-electron chi connectivity index (χ0n) is 11.5. The van der Waals surface area contributed by atoms with E-state index in [0.717, 1.165) is 25.0 Å². The molecule has 3 rings (SSSR count). The van der Waals surface area contributed by atoms with Crippen LogP contribution < -0.4 is 0 Å². The molecule has 6 heteroatoms. The molecule has 1 N–H and O–H groups in total. The maximum atomic E-state index is 12.8. The Balaban J connectivity index is 1.89. The van der Waals surface area contributed by atoms with Gasteiger partial charge in [-0.15, -0.1) is 11.6 Å². The number of alkyl halides is 1. The average Bonchev–Trinajstić information content (AvgIpc) is 2.96. The van der Waals surface area contributed by atoms with Gasteiger partial charge < -0.3 is 4.98 Å². The number of rotatable bonds is 3. The average molecular weight is 317 g/mol. The molecule has 112 valence electrons. The van der Waals surface area contributed by atoms with Crippen molar-refractivity contribution >= 4 is 21.6 Å². The topological polar surface area (TPSA) is 53.2 Å². The molecule has 1 aliphatic carbocycles. The minimum absolute atomic E-state index is 0.205. The van der Waals surface area contributed by atoms with Gasteiger partial charge in [-0.1, -0.05) is 12.8 Å². The zero-order valence-corrected chi connectivity index (χ0v) is 13.1. The third-order valence-corrected chi connectivity index (χ3v) is 6.85. The van der Waals surface area contributed by atoms with Gasteiger partial charge in [-0.05, 0) is 37.7 Å². The highest BCUT2D eigenvalue weighted by molar-refractivity contribution is 7.89. The third kappa shape index (κ3) is 2.51. The smallest absolute Gasteiger partial charge is 0.244 e. The number of hydrogen-bond acceptors (Lipinski definition) is 2. The van der Waals surface area contributed by atoms with Crippen LogP contribution in [0.1, 0.15) is 44.2 Å². The van der Waals surface area contributed by atoms with E-state index >= 15 is 0 Å². The summed E-state index contributed by atoms with van der Waals surface area (Å²) in [5.41, 5.74) is 0.752. The maximum Gasteiger partial charge on any atom is 0.244 e. The van der Waals surface area contributed by atoms with Crippen LogP contribution in [0.2, 0.25) is 0 Å². The number of nitrogens with zero attached hydrogens (tertiary/aromatic N) is 1. The standard InChI is InChI=1S/C14H21ClN2O2S/c15-9-12-8-13(10-16-12)20(18,19)17-7-3-5-11-4-1-2-6-14(11)17/h8,10-11,14,16H,1-7,9H2/t11-,14-/m1/s1. The molecule has 0 unspecified atom stereocenters. The van der Waals surface area contributed by atoms with E-state index in [1.807, 2.05) is 0 Å². The molecule has 1 saturated carbocycles. The van der Waals surface area contributed by atoms with E-state index in [4.69, 9.17) is 11.6 Å². The van der Waals surface area contributed by atoms with Crippen molar-refractivity contribution < 1.29 is 8.42 Å². The fourth-order valence-corrected chi connectivity index (χ4v) is 5.59. The summed E-state index contributed by atoms with van der Waals surface area (Å²) in [5.74, 6) is 0.861. The number of fused-ring (bicyclic) bond motifs is 1. The summed E-state index contributed by atoms with van der Waals surface area (Å²) < 4.78 is 27.4. The Hall–Kier alpha value is -0.520. The summed E-state index contributed by atoms with van der Waals surface area (Å²) in [4.78, 5) is 3.30. The lowest BCUT2D eigenvalue weighted by Crippen LogP contribution is -2.49. The molecule has 0 bridgehead atoms. The van der Waals surface area contributed by atoms with Crippen molar-refractivity contribution in [3.63, 3.8) is 0 Å². The van der Waals surface area contributed by atoms with Gasteiger partial charge in [-0.3, -0.25) is 0 Å². The first-order valence-corrected chi connectivity index (χ1v) is 9.35.